The Morgan fingerprint density at radius 1 is 1.10 bits per heavy atom. The number of halogens is 1. The molecule has 1 N–H and O–H groups in total. The maximum Gasteiger partial charge on any atom is 0.337 e. The Labute approximate surface area is 131 Å². The molecular weight excluding hydrogens is 358 g/mol. The van der Waals surface area contributed by atoms with Gasteiger partial charge in [0.05, 0.1) is 12.7 Å². The average molecular weight is 370 g/mol. The Morgan fingerprint density at radius 2 is 1.71 bits per heavy atom. The summed E-state index contributed by atoms with van der Waals surface area (Å²) < 4.78 is 32.0. The van der Waals surface area contributed by atoms with Crippen molar-refractivity contribution < 1.29 is 17.9 Å². The minimum absolute atomic E-state index is 0.141. The molecule has 0 atom stereocenters. The Morgan fingerprint density at radius 3 is 2.29 bits per heavy atom. The van der Waals surface area contributed by atoms with E-state index in [9.17, 15) is 13.2 Å². The van der Waals surface area contributed by atoms with Gasteiger partial charge in [0.25, 0.3) is 10.0 Å². The minimum atomic E-state index is -3.70. The summed E-state index contributed by atoms with van der Waals surface area (Å²) in [6, 6.07) is 12.5. The van der Waals surface area contributed by atoms with Crippen LogP contribution < -0.4 is 4.72 Å². The number of ether oxygens (including phenoxy) is 1. The number of carbonyl (C=O) groups is 1. The van der Waals surface area contributed by atoms with Crippen LogP contribution in [0.3, 0.4) is 0 Å². The molecule has 0 aliphatic heterocycles. The van der Waals surface area contributed by atoms with Crippen LogP contribution in [0.1, 0.15) is 10.4 Å². The van der Waals surface area contributed by atoms with Gasteiger partial charge in [-0.15, -0.1) is 0 Å². The molecule has 0 fully saturated rings. The third-order valence-electron chi connectivity index (χ3n) is 2.68. The molecule has 0 heterocycles. The molecule has 0 saturated heterocycles. The first-order chi connectivity index (χ1) is 9.94. The molecule has 0 bridgehead atoms. The minimum Gasteiger partial charge on any atom is -0.465 e. The smallest absolute Gasteiger partial charge is 0.337 e. The van der Waals surface area contributed by atoms with Gasteiger partial charge in [0, 0.05) is 10.2 Å². The van der Waals surface area contributed by atoms with Crippen LogP contribution in [-0.2, 0) is 14.8 Å². The van der Waals surface area contributed by atoms with E-state index in [0.717, 1.165) is 0 Å². The van der Waals surface area contributed by atoms with Crippen LogP contribution in [0, 0.1) is 0 Å². The van der Waals surface area contributed by atoms with Crippen LogP contribution in [-0.4, -0.2) is 21.5 Å². The first-order valence-electron chi connectivity index (χ1n) is 5.90. The van der Waals surface area contributed by atoms with Crippen molar-refractivity contribution in [2.24, 2.45) is 0 Å². The van der Waals surface area contributed by atoms with Crippen molar-refractivity contribution in [2.45, 2.75) is 4.90 Å². The van der Waals surface area contributed by atoms with E-state index in [1.54, 1.807) is 18.2 Å². The number of carbonyl (C=O) groups excluding carboxylic acids is 1. The first kappa shape index (κ1) is 15.5. The number of methoxy groups -OCH3 is 1. The topological polar surface area (TPSA) is 72.5 Å². The summed E-state index contributed by atoms with van der Waals surface area (Å²) in [5.74, 6) is -0.477. The lowest BCUT2D eigenvalue weighted by Crippen LogP contribution is -2.13. The van der Waals surface area contributed by atoms with Crippen molar-refractivity contribution in [3.8, 4) is 0 Å². The number of nitrogens with one attached hydrogen (secondary N) is 1. The second-order valence-corrected chi connectivity index (χ2v) is 6.61. The van der Waals surface area contributed by atoms with Crippen LogP contribution in [0.5, 0.6) is 0 Å². The van der Waals surface area contributed by atoms with Crippen LogP contribution in [0.25, 0.3) is 0 Å². The fourth-order valence-electron chi connectivity index (χ4n) is 1.67. The highest BCUT2D eigenvalue weighted by Gasteiger charge is 2.17. The molecule has 2 aromatic rings. The Bertz CT molecular complexity index is 757. The highest BCUT2D eigenvalue weighted by molar-refractivity contribution is 9.10. The van der Waals surface area contributed by atoms with Crippen molar-refractivity contribution in [3.05, 3.63) is 58.6 Å². The van der Waals surface area contributed by atoms with Crippen LogP contribution in [0.15, 0.2) is 57.9 Å². The maximum atomic E-state index is 12.3. The van der Waals surface area contributed by atoms with E-state index in [1.807, 2.05) is 0 Å². The summed E-state index contributed by atoms with van der Waals surface area (Å²) in [7, 11) is -2.41. The number of anilines is 1. The summed E-state index contributed by atoms with van der Waals surface area (Å²) in [6.07, 6.45) is 0. The molecule has 0 saturated carbocycles. The first-order valence-corrected chi connectivity index (χ1v) is 8.17. The fraction of sp³-hybridized carbons (Fsp3) is 0.0714. The lowest BCUT2D eigenvalue weighted by molar-refractivity contribution is 0.0601. The zero-order chi connectivity index (χ0) is 15.5. The van der Waals surface area contributed by atoms with Gasteiger partial charge in [0.2, 0.25) is 0 Å². The molecule has 0 aromatic heterocycles. The lowest BCUT2D eigenvalue weighted by Gasteiger charge is -2.09. The molecule has 5 nitrogen and oxygen atoms in total. The number of hydrogen-bond acceptors (Lipinski definition) is 4. The molecule has 0 radical (unpaired) electrons. The molecule has 0 aliphatic carbocycles. The maximum absolute atomic E-state index is 12.3. The number of esters is 1. The number of sulfonamides is 1. The zero-order valence-corrected chi connectivity index (χ0v) is 13.4. The highest BCUT2D eigenvalue weighted by Crippen LogP contribution is 2.23. The summed E-state index contributed by atoms with van der Waals surface area (Å²) in [4.78, 5) is 11.4. The van der Waals surface area contributed by atoms with Crippen LogP contribution >= 0.6 is 15.9 Å². The third kappa shape index (κ3) is 3.62. The van der Waals surface area contributed by atoms with Gasteiger partial charge in [0.15, 0.2) is 0 Å². The second-order valence-electron chi connectivity index (χ2n) is 4.10. The number of hydrogen-bond donors (Lipinski definition) is 1. The van der Waals surface area contributed by atoms with E-state index in [-0.39, 0.29) is 4.90 Å². The second kappa shape index (κ2) is 6.28. The van der Waals surface area contributed by atoms with Gasteiger partial charge in [-0.3, -0.25) is 4.72 Å². The SMILES string of the molecule is COC(=O)c1ccc(NS(=O)(=O)c2ccccc2Br)cc1. The molecule has 110 valence electrons. The van der Waals surface area contributed by atoms with Gasteiger partial charge in [-0.25, -0.2) is 13.2 Å². The highest BCUT2D eigenvalue weighted by atomic mass is 79.9. The van der Waals surface area contributed by atoms with E-state index in [2.05, 4.69) is 25.4 Å². The summed E-state index contributed by atoms with van der Waals surface area (Å²) >= 11 is 3.21. The normalized spacial score (nSPS) is 11.0. The molecule has 0 aliphatic rings. The molecular formula is C14H12BrNO4S. The Kier molecular flexibility index (Phi) is 4.64. The summed E-state index contributed by atoms with van der Waals surface area (Å²) in [6.45, 7) is 0. The van der Waals surface area contributed by atoms with Gasteiger partial charge in [-0.2, -0.15) is 0 Å². The van der Waals surface area contributed by atoms with Gasteiger partial charge >= 0.3 is 5.97 Å². The predicted molar refractivity (Wildman–Crippen MR) is 82.7 cm³/mol. The number of benzene rings is 2. The van der Waals surface area contributed by atoms with Gasteiger partial charge in [-0.05, 0) is 52.3 Å². The number of rotatable bonds is 4. The molecule has 0 unspecified atom stereocenters. The van der Waals surface area contributed by atoms with E-state index in [4.69, 9.17) is 0 Å². The average Bonchev–Trinajstić information content (AvgIpc) is 2.47. The molecule has 2 rings (SSSR count). The van der Waals surface area contributed by atoms with E-state index >= 15 is 0 Å². The predicted octanol–water partition coefficient (Wildman–Crippen LogP) is 3.04. The lowest BCUT2D eigenvalue weighted by atomic mass is 10.2. The van der Waals surface area contributed by atoms with Gasteiger partial charge in [-0.1, -0.05) is 12.1 Å². The molecule has 2 aromatic carbocycles. The molecule has 21 heavy (non-hydrogen) atoms. The summed E-state index contributed by atoms with van der Waals surface area (Å²) in [5, 5.41) is 0. The molecule has 7 heteroatoms. The van der Waals surface area contributed by atoms with Crippen LogP contribution in [0.2, 0.25) is 0 Å². The standard InChI is InChI=1S/C14H12BrNO4S/c1-20-14(17)10-6-8-11(9-7-10)16-21(18,19)13-5-3-2-4-12(13)15/h2-9,16H,1H3. The Hall–Kier alpha value is -1.86. The van der Waals surface area contributed by atoms with E-state index in [0.29, 0.717) is 15.7 Å². The van der Waals surface area contributed by atoms with Crippen molar-refractivity contribution >= 4 is 37.6 Å². The summed E-state index contributed by atoms with van der Waals surface area (Å²) in [5.41, 5.74) is 0.708. The zero-order valence-electron chi connectivity index (χ0n) is 11.0. The monoisotopic (exact) mass is 369 g/mol. The van der Waals surface area contributed by atoms with Gasteiger partial charge < -0.3 is 4.74 Å². The van der Waals surface area contributed by atoms with Gasteiger partial charge in [0.1, 0.15) is 4.90 Å². The van der Waals surface area contributed by atoms with Crippen molar-refractivity contribution in [3.63, 3.8) is 0 Å². The quantitative estimate of drug-likeness (QED) is 0.840. The van der Waals surface area contributed by atoms with Crippen molar-refractivity contribution in [1.29, 1.82) is 0 Å². The fourth-order valence-corrected chi connectivity index (χ4v) is 3.73. The van der Waals surface area contributed by atoms with Crippen molar-refractivity contribution in [2.75, 3.05) is 11.8 Å². The van der Waals surface area contributed by atoms with E-state index < -0.39 is 16.0 Å². The third-order valence-corrected chi connectivity index (χ3v) is 5.08. The van der Waals surface area contributed by atoms with Crippen molar-refractivity contribution in [1.82, 2.24) is 0 Å². The molecule has 0 spiro atoms. The largest absolute Gasteiger partial charge is 0.465 e. The molecule has 0 amide bonds. The Balaban J connectivity index is 2.25. The van der Waals surface area contributed by atoms with E-state index in [1.165, 1.54) is 37.4 Å². The van der Waals surface area contributed by atoms with Crippen LogP contribution in [0.4, 0.5) is 5.69 Å².